The summed E-state index contributed by atoms with van der Waals surface area (Å²) in [6, 6.07) is 3.86. The van der Waals surface area contributed by atoms with E-state index < -0.39 is 0 Å². The van der Waals surface area contributed by atoms with Crippen molar-refractivity contribution in [2.75, 3.05) is 41.0 Å². The average molecular weight is 480 g/mol. The van der Waals surface area contributed by atoms with Crippen molar-refractivity contribution in [1.82, 2.24) is 15.6 Å². The second-order valence-corrected chi connectivity index (χ2v) is 6.71. The number of hydrogen-bond acceptors (Lipinski definition) is 5. The Balaban J connectivity index is 0.00000625. The largest absolute Gasteiger partial charge is 0.475 e. The van der Waals surface area contributed by atoms with Crippen LogP contribution in [0.2, 0.25) is 0 Å². The van der Waals surface area contributed by atoms with Gasteiger partial charge in [-0.1, -0.05) is 26.8 Å². The minimum atomic E-state index is 0. The maximum atomic E-state index is 5.65. The highest BCUT2D eigenvalue weighted by atomic mass is 127. The molecule has 0 aliphatic rings. The number of aliphatic imine (C=N–C) groups is 1. The Morgan fingerprint density at radius 1 is 1.23 bits per heavy atom. The van der Waals surface area contributed by atoms with Crippen molar-refractivity contribution >= 4 is 29.9 Å². The number of methoxy groups -OCH3 is 2. The van der Waals surface area contributed by atoms with E-state index in [1.165, 1.54) is 0 Å². The van der Waals surface area contributed by atoms with Crippen molar-refractivity contribution in [2.24, 2.45) is 10.4 Å². The zero-order valence-electron chi connectivity index (χ0n) is 16.7. The van der Waals surface area contributed by atoms with E-state index in [2.05, 4.69) is 41.4 Å². The minimum Gasteiger partial charge on any atom is -0.475 e. The van der Waals surface area contributed by atoms with Gasteiger partial charge in [0, 0.05) is 46.1 Å². The fraction of sp³-hybridized carbons (Fsp3) is 0.667. The van der Waals surface area contributed by atoms with E-state index >= 15 is 0 Å². The molecule has 1 atom stereocenters. The van der Waals surface area contributed by atoms with Crippen molar-refractivity contribution in [3.05, 3.63) is 23.9 Å². The lowest BCUT2D eigenvalue weighted by molar-refractivity contribution is 0.0205. The molecule has 0 bridgehead atoms. The van der Waals surface area contributed by atoms with Crippen molar-refractivity contribution in [3.63, 3.8) is 0 Å². The summed E-state index contributed by atoms with van der Waals surface area (Å²) in [6.07, 6.45) is 1.79. The van der Waals surface area contributed by atoms with Crippen molar-refractivity contribution in [3.8, 4) is 5.88 Å². The lowest BCUT2D eigenvalue weighted by Gasteiger charge is -2.30. The van der Waals surface area contributed by atoms with Gasteiger partial charge in [-0.3, -0.25) is 4.99 Å². The Morgan fingerprint density at radius 2 is 1.96 bits per heavy atom. The number of aromatic nitrogens is 1. The molecule has 1 unspecified atom stereocenters. The quantitative estimate of drug-likeness (QED) is 0.245. The summed E-state index contributed by atoms with van der Waals surface area (Å²) >= 11 is 0. The molecule has 0 spiro atoms. The minimum absolute atomic E-state index is 0. The Morgan fingerprint density at radius 3 is 2.54 bits per heavy atom. The van der Waals surface area contributed by atoms with Crippen LogP contribution in [0, 0.1) is 5.41 Å². The summed E-state index contributed by atoms with van der Waals surface area (Å²) in [5, 5.41) is 6.58. The third kappa shape index (κ3) is 9.00. The normalized spacial score (nSPS) is 12.9. The van der Waals surface area contributed by atoms with Gasteiger partial charge in [0.1, 0.15) is 6.61 Å². The fourth-order valence-electron chi connectivity index (χ4n) is 2.24. The van der Waals surface area contributed by atoms with Crippen LogP contribution in [0.15, 0.2) is 23.3 Å². The molecule has 0 saturated heterocycles. The highest BCUT2D eigenvalue weighted by Gasteiger charge is 2.24. The molecule has 0 amide bonds. The predicted molar refractivity (Wildman–Crippen MR) is 115 cm³/mol. The third-order valence-electron chi connectivity index (χ3n) is 3.75. The van der Waals surface area contributed by atoms with Gasteiger partial charge in [-0.2, -0.15) is 0 Å². The SMILES string of the molecule is CN=C(NCc1cccnc1OCCOC)NCC(OC)C(C)(C)C.I. The summed E-state index contributed by atoms with van der Waals surface area (Å²) in [5.41, 5.74) is 1.01. The van der Waals surface area contributed by atoms with E-state index in [0.29, 0.717) is 38.1 Å². The van der Waals surface area contributed by atoms with E-state index in [-0.39, 0.29) is 35.5 Å². The third-order valence-corrected chi connectivity index (χ3v) is 3.75. The summed E-state index contributed by atoms with van der Waals surface area (Å²) in [6.45, 7) is 8.67. The molecule has 0 aliphatic heterocycles. The van der Waals surface area contributed by atoms with Crippen LogP contribution in [0.5, 0.6) is 5.88 Å². The first-order chi connectivity index (χ1) is 11.9. The number of pyridine rings is 1. The van der Waals surface area contributed by atoms with Crippen LogP contribution in [0.25, 0.3) is 0 Å². The number of guanidine groups is 1. The molecule has 0 radical (unpaired) electrons. The monoisotopic (exact) mass is 480 g/mol. The first kappa shape index (κ1) is 24.9. The van der Waals surface area contributed by atoms with Gasteiger partial charge in [-0.15, -0.1) is 24.0 Å². The van der Waals surface area contributed by atoms with E-state index in [1.54, 1.807) is 27.5 Å². The number of halogens is 1. The Hall–Kier alpha value is -1.13. The van der Waals surface area contributed by atoms with Crippen LogP contribution in [0.4, 0.5) is 0 Å². The molecule has 7 nitrogen and oxygen atoms in total. The van der Waals surface area contributed by atoms with Gasteiger partial charge in [0.25, 0.3) is 0 Å². The van der Waals surface area contributed by atoms with E-state index in [4.69, 9.17) is 14.2 Å². The number of nitrogens with zero attached hydrogens (tertiary/aromatic N) is 2. The molecule has 0 fully saturated rings. The number of nitrogens with one attached hydrogen (secondary N) is 2. The molecule has 0 saturated carbocycles. The Bertz CT molecular complexity index is 535. The van der Waals surface area contributed by atoms with Crippen LogP contribution in [-0.4, -0.2) is 58.1 Å². The Labute approximate surface area is 174 Å². The highest BCUT2D eigenvalue weighted by Crippen LogP contribution is 2.21. The first-order valence-electron chi connectivity index (χ1n) is 8.45. The average Bonchev–Trinajstić information content (AvgIpc) is 2.58. The standard InChI is InChI=1S/C18H32N4O3.HI/c1-18(2,3)15(24-6)13-22-17(19-4)21-12-14-8-7-9-20-16(14)25-11-10-23-5;/h7-9,15H,10-13H2,1-6H3,(H2,19,21,22);1H. The molecule has 1 aromatic heterocycles. The molecule has 1 aromatic rings. The molecular weight excluding hydrogens is 447 g/mol. The fourth-order valence-corrected chi connectivity index (χ4v) is 2.24. The number of rotatable bonds is 9. The van der Waals surface area contributed by atoms with Gasteiger partial charge in [-0.25, -0.2) is 4.98 Å². The molecule has 0 aromatic carbocycles. The summed E-state index contributed by atoms with van der Waals surface area (Å²) in [7, 11) is 5.12. The van der Waals surface area contributed by atoms with Crippen LogP contribution in [0.3, 0.4) is 0 Å². The van der Waals surface area contributed by atoms with Gasteiger partial charge < -0.3 is 24.8 Å². The molecule has 0 aliphatic carbocycles. The molecular formula is C18H33IN4O3. The van der Waals surface area contributed by atoms with Gasteiger partial charge in [-0.05, 0) is 11.5 Å². The first-order valence-corrected chi connectivity index (χ1v) is 8.45. The van der Waals surface area contributed by atoms with Crippen molar-refractivity contribution in [1.29, 1.82) is 0 Å². The zero-order valence-corrected chi connectivity index (χ0v) is 19.0. The maximum absolute atomic E-state index is 5.65. The van der Waals surface area contributed by atoms with Crippen LogP contribution in [0.1, 0.15) is 26.3 Å². The van der Waals surface area contributed by atoms with Crippen molar-refractivity contribution < 1.29 is 14.2 Å². The zero-order chi connectivity index (χ0) is 18.7. The van der Waals surface area contributed by atoms with E-state index in [9.17, 15) is 0 Å². The summed E-state index contributed by atoms with van der Waals surface area (Å²) in [4.78, 5) is 8.53. The smallest absolute Gasteiger partial charge is 0.218 e. The van der Waals surface area contributed by atoms with Gasteiger partial charge >= 0.3 is 0 Å². The lowest BCUT2D eigenvalue weighted by Crippen LogP contribution is -2.45. The van der Waals surface area contributed by atoms with Gasteiger partial charge in [0.15, 0.2) is 5.96 Å². The number of hydrogen-bond donors (Lipinski definition) is 2. The highest BCUT2D eigenvalue weighted by molar-refractivity contribution is 14.0. The second kappa shape index (κ2) is 13.1. The molecule has 8 heteroatoms. The van der Waals surface area contributed by atoms with Gasteiger partial charge in [0.05, 0.1) is 12.7 Å². The molecule has 1 heterocycles. The predicted octanol–water partition coefficient (Wildman–Crippen LogP) is 2.45. The molecule has 150 valence electrons. The van der Waals surface area contributed by atoms with Crippen molar-refractivity contribution in [2.45, 2.75) is 33.4 Å². The second-order valence-electron chi connectivity index (χ2n) is 6.71. The molecule has 1 rings (SSSR count). The molecule has 2 N–H and O–H groups in total. The topological polar surface area (TPSA) is 77.0 Å². The van der Waals surface area contributed by atoms with Crippen LogP contribution in [-0.2, 0) is 16.0 Å². The maximum Gasteiger partial charge on any atom is 0.218 e. The van der Waals surface area contributed by atoms with E-state index in [0.717, 1.165) is 5.56 Å². The summed E-state index contributed by atoms with van der Waals surface area (Å²) < 4.78 is 16.2. The van der Waals surface area contributed by atoms with Crippen LogP contribution < -0.4 is 15.4 Å². The van der Waals surface area contributed by atoms with Gasteiger partial charge in [0.2, 0.25) is 5.88 Å². The van der Waals surface area contributed by atoms with E-state index in [1.807, 2.05) is 12.1 Å². The molecule has 26 heavy (non-hydrogen) atoms. The summed E-state index contributed by atoms with van der Waals surface area (Å²) in [5.74, 6) is 1.31. The Kier molecular flexibility index (Phi) is 12.5. The van der Waals surface area contributed by atoms with Crippen LogP contribution >= 0.6 is 24.0 Å². The number of ether oxygens (including phenoxy) is 3. The lowest BCUT2D eigenvalue weighted by atomic mass is 9.89.